The smallest absolute Gasteiger partial charge is 0.254 e. The quantitative estimate of drug-likeness (QED) is 0.501. The summed E-state index contributed by atoms with van der Waals surface area (Å²) in [5.74, 6) is 0.721. The van der Waals surface area contributed by atoms with E-state index in [1.807, 2.05) is 24.3 Å². The molecule has 1 aromatic heterocycles. The summed E-state index contributed by atoms with van der Waals surface area (Å²) in [6.07, 6.45) is 1.50. The number of morpholine rings is 1. The van der Waals surface area contributed by atoms with Crippen molar-refractivity contribution >= 4 is 53.1 Å². The van der Waals surface area contributed by atoms with E-state index in [1.165, 1.54) is 6.20 Å². The standard InChI is InChI=1S/C23H25ClN5O3P/c1-33(2,31)20-6-4-3-5-19(20)27-21-18(24)15-25-23(28-21)26-17-9-7-16(8-10-17)22(30)29-11-13-32-14-12-29/h3-10,15H,11-14H2,1-2H3,(H2,25,26,27,28). The zero-order valence-corrected chi connectivity index (χ0v) is 20.1. The Labute approximate surface area is 197 Å². The Morgan fingerprint density at radius 1 is 1.06 bits per heavy atom. The number of carbonyl (C=O) groups is 1. The minimum Gasteiger partial charge on any atom is -0.378 e. The van der Waals surface area contributed by atoms with Crippen LogP contribution >= 0.6 is 18.7 Å². The molecule has 1 fully saturated rings. The zero-order chi connectivity index (χ0) is 23.4. The molecule has 1 aliphatic rings. The largest absolute Gasteiger partial charge is 0.378 e. The van der Waals surface area contributed by atoms with Gasteiger partial charge in [-0.05, 0) is 49.7 Å². The number of benzene rings is 2. The van der Waals surface area contributed by atoms with Gasteiger partial charge >= 0.3 is 0 Å². The number of hydrogen-bond donors (Lipinski definition) is 2. The van der Waals surface area contributed by atoms with Gasteiger partial charge in [-0.25, -0.2) is 4.98 Å². The number of rotatable bonds is 6. The van der Waals surface area contributed by atoms with Crippen LogP contribution in [0.3, 0.4) is 0 Å². The van der Waals surface area contributed by atoms with Gasteiger partial charge in [0, 0.05) is 29.6 Å². The van der Waals surface area contributed by atoms with Crippen LogP contribution in [0.2, 0.25) is 5.02 Å². The molecule has 0 unspecified atom stereocenters. The van der Waals surface area contributed by atoms with E-state index in [1.54, 1.807) is 42.5 Å². The van der Waals surface area contributed by atoms with Crippen LogP contribution in [-0.4, -0.2) is 60.4 Å². The second-order valence-corrected chi connectivity index (χ2v) is 11.6. The van der Waals surface area contributed by atoms with Crippen LogP contribution < -0.4 is 15.9 Å². The second kappa shape index (κ2) is 9.91. The van der Waals surface area contributed by atoms with Crippen LogP contribution in [0.25, 0.3) is 0 Å². The van der Waals surface area contributed by atoms with Crippen molar-refractivity contribution in [3.8, 4) is 0 Å². The fourth-order valence-electron chi connectivity index (χ4n) is 3.47. The fraction of sp³-hybridized carbons (Fsp3) is 0.261. The van der Waals surface area contributed by atoms with Crippen LogP contribution in [-0.2, 0) is 9.30 Å². The first-order chi connectivity index (χ1) is 15.8. The van der Waals surface area contributed by atoms with Crippen LogP contribution in [0.5, 0.6) is 0 Å². The summed E-state index contributed by atoms with van der Waals surface area (Å²) in [7, 11) is -2.50. The normalized spacial score (nSPS) is 14.1. The molecule has 0 spiro atoms. The number of carbonyl (C=O) groups excluding carboxylic acids is 1. The molecule has 0 atom stereocenters. The van der Waals surface area contributed by atoms with E-state index in [2.05, 4.69) is 20.6 Å². The van der Waals surface area contributed by atoms with Crippen molar-refractivity contribution in [2.75, 3.05) is 50.3 Å². The van der Waals surface area contributed by atoms with Gasteiger partial charge in [0.1, 0.15) is 12.2 Å². The van der Waals surface area contributed by atoms with Crippen molar-refractivity contribution in [2.45, 2.75) is 0 Å². The summed E-state index contributed by atoms with van der Waals surface area (Å²) in [5.41, 5.74) is 2.03. The summed E-state index contributed by atoms with van der Waals surface area (Å²) >= 11 is 6.31. The molecule has 4 rings (SSSR count). The van der Waals surface area contributed by atoms with Gasteiger partial charge in [0.2, 0.25) is 5.95 Å². The first-order valence-corrected chi connectivity index (χ1v) is 13.5. The lowest BCUT2D eigenvalue weighted by atomic mass is 10.1. The van der Waals surface area contributed by atoms with Gasteiger partial charge in [-0.2, -0.15) is 4.98 Å². The molecule has 33 heavy (non-hydrogen) atoms. The van der Waals surface area contributed by atoms with Crippen molar-refractivity contribution in [1.82, 2.24) is 14.9 Å². The van der Waals surface area contributed by atoms with E-state index in [0.717, 1.165) is 11.0 Å². The molecule has 2 N–H and O–H groups in total. The van der Waals surface area contributed by atoms with Crippen molar-refractivity contribution in [2.24, 2.45) is 0 Å². The molecule has 0 aliphatic carbocycles. The Kier molecular flexibility index (Phi) is 6.98. The first kappa shape index (κ1) is 23.2. The van der Waals surface area contributed by atoms with Crippen molar-refractivity contribution in [3.05, 3.63) is 65.3 Å². The van der Waals surface area contributed by atoms with E-state index < -0.39 is 7.14 Å². The number of anilines is 4. The van der Waals surface area contributed by atoms with Crippen LogP contribution in [0.4, 0.5) is 23.1 Å². The van der Waals surface area contributed by atoms with Crippen molar-refractivity contribution < 1.29 is 14.1 Å². The topological polar surface area (TPSA) is 96.5 Å². The third-order valence-corrected chi connectivity index (χ3v) is 6.99. The van der Waals surface area contributed by atoms with Gasteiger partial charge in [-0.15, -0.1) is 0 Å². The molecule has 172 valence electrons. The molecule has 2 heterocycles. The maximum atomic E-state index is 12.6. The first-order valence-electron chi connectivity index (χ1n) is 10.5. The second-order valence-electron chi connectivity index (χ2n) is 7.99. The zero-order valence-electron chi connectivity index (χ0n) is 18.4. The lowest BCUT2D eigenvalue weighted by Crippen LogP contribution is -2.40. The van der Waals surface area contributed by atoms with Gasteiger partial charge in [0.05, 0.1) is 25.1 Å². The number of ether oxygens (including phenoxy) is 1. The lowest BCUT2D eigenvalue weighted by molar-refractivity contribution is 0.0303. The van der Waals surface area contributed by atoms with Gasteiger partial charge in [0.25, 0.3) is 5.91 Å². The number of nitrogens with one attached hydrogen (secondary N) is 2. The number of nitrogens with zero attached hydrogens (tertiary/aromatic N) is 3. The molecule has 1 saturated heterocycles. The van der Waals surface area contributed by atoms with E-state index in [-0.39, 0.29) is 5.91 Å². The van der Waals surface area contributed by atoms with E-state index in [9.17, 15) is 9.36 Å². The predicted molar refractivity (Wildman–Crippen MR) is 132 cm³/mol. The SMILES string of the molecule is CP(C)(=O)c1ccccc1Nc1nc(Nc2ccc(C(=O)N3CCOCC3)cc2)ncc1Cl. The Hall–Kier alpha value is -2.93. The highest BCUT2D eigenvalue weighted by Gasteiger charge is 2.19. The highest BCUT2D eigenvalue weighted by Crippen LogP contribution is 2.38. The van der Waals surface area contributed by atoms with Crippen molar-refractivity contribution in [1.29, 1.82) is 0 Å². The number of aromatic nitrogens is 2. The van der Waals surface area contributed by atoms with E-state index in [4.69, 9.17) is 16.3 Å². The molecular weight excluding hydrogens is 461 g/mol. The number of hydrogen-bond acceptors (Lipinski definition) is 7. The third-order valence-electron chi connectivity index (χ3n) is 5.17. The Morgan fingerprint density at radius 2 is 1.76 bits per heavy atom. The van der Waals surface area contributed by atoms with Gasteiger partial charge in [0.15, 0.2) is 5.82 Å². The molecule has 1 amide bonds. The summed E-state index contributed by atoms with van der Waals surface area (Å²) in [5, 5.41) is 7.36. The Bertz CT molecular complexity index is 1190. The highest BCUT2D eigenvalue weighted by atomic mass is 35.5. The molecule has 0 radical (unpaired) electrons. The van der Waals surface area contributed by atoms with Gasteiger partial charge in [-0.3, -0.25) is 4.79 Å². The molecule has 10 heteroatoms. The summed E-state index contributed by atoms with van der Waals surface area (Å²) < 4.78 is 17.9. The molecule has 1 aliphatic heterocycles. The summed E-state index contributed by atoms with van der Waals surface area (Å²) in [6.45, 7) is 5.76. The molecule has 0 bridgehead atoms. The maximum Gasteiger partial charge on any atom is 0.254 e. The van der Waals surface area contributed by atoms with E-state index in [0.29, 0.717) is 54.3 Å². The highest BCUT2D eigenvalue weighted by molar-refractivity contribution is 7.70. The summed E-state index contributed by atoms with van der Waals surface area (Å²) in [4.78, 5) is 23.1. The summed E-state index contributed by atoms with van der Waals surface area (Å²) in [6, 6.07) is 14.5. The Balaban J connectivity index is 1.50. The molecule has 3 aromatic rings. The molecule has 8 nitrogen and oxygen atoms in total. The van der Waals surface area contributed by atoms with Crippen LogP contribution in [0, 0.1) is 0 Å². The monoisotopic (exact) mass is 485 g/mol. The molecule has 2 aromatic carbocycles. The van der Waals surface area contributed by atoms with Crippen molar-refractivity contribution in [3.63, 3.8) is 0 Å². The lowest BCUT2D eigenvalue weighted by Gasteiger charge is -2.26. The minimum absolute atomic E-state index is 0.0121. The fourth-order valence-corrected chi connectivity index (χ4v) is 4.76. The average Bonchev–Trinajstić information content (AvgIpc) is 2.81. The van der Waals surface area contributed by atoms with Crippen LogP contribution in [0.15, 0.2) is 54.7 Å². The van der Waals surface area contributed by atoms with Crippen LogP contribution in [0.1, 0.15) is 10.4 Å². The number of halogens is 1. The van der Waals surface area contributed by atoms with Gasteiger partial charge in [-0.1, -0.05) is 23.7 Å². The minimum atomic E-state index is -2.50. The maximum absolute atomic E-state index is 12.6. The number of para-hydroxylation sites is 1. The van der Waals surface area contributed by atoms with Gasteiger partial charge < -0.3 is 24.8 Å². The average molecular weight is 486 g/mol. The van der Waals surface area contributed by atoms with E-state index >= 15 is 0 Å². The predicted octanol–water partition coefficient (Wildman–Crippen LogP) is 4.34. The Morgan fingerprint density at radius 3 is 2.45 bits per heavy atom. The number of amides is 1. The third kappa shape index (κ3) is 5.71. The molecular formula is C23H25ClN5O3P. The molecule has 0 saturated carbocycles.